The van der Waals surface area contributed by atoms with E-state index in [1.54, 1.807) is 6.07 Å². The zero-order valence-electron chi connectivity index (χ0n) is 5.41. The van der Waals surface area contributed by atoms with E-state index in [9.17, 15) is 0 Å². The highest BCUT2D eigenvalue weighted by atomic mass is 16.3. The number of hydrogen-bond donors (Lipinski definition) is 3. The number of nitrogen functional groups attached to an aromatic ring is 1. The molecule has 4 N–H and O–H groups in total. The summed E-state index contributed by atoms with van der Waals surface area (Å²) >= 11 is 0. The van der Waals surface area contributed by atoms with Gasteiger partial charge in [0.05, 0.1) is 6.61 Å². The fourth-order valence-corrected chi connectivity index (χ4v) is 0.732. The molecule has 3 nitrogen and oxygen atoms in total. The van der Waals surface area contributed by atoms with Crippen LogP contribution in [0.1, 0.15) is 5.56 Å². The van der Waals surface area contributed by atoms with Crippen LogP contribution in [0.2, 0.25) is 0 Å². The molecule has 0 aliphatic rings. The Morgan fingerprint density at radius 3 is 2.60 bits per heavy atom. The Bertz CT molecular complexity index is 235. The summed E-state index contributed by atoms with van der Waals surface area (Å²) in [5.74, 6) is 0.0803. The standard InChI is InChI=1S/C7H9NO2/c8-6-1-2-7(10)5(3-6)4-9/h1-3,9-10H,4,8H2. The predicted molar refractivity (Wildman–Crippen MR) is 38.4 cm³/mol. The van der Waals surface area contributed by atoms with Crippen molar-refractivity contribution in [2.24, 2.45) is 0 Å². The summed E-state index contributed by atoms with van der Waals surface area (Å²) < 4.78 is 0. The molecule has 0 unspecified atom stereocenters. The van der Waals surface area contributed by atoms with Gasteiger partial charge in [-0.1, -0.05) is 0 Å². The summed E-state index contributed by atoms with van der Waals surface area (Å²) in [6.45, 7) is -0.184. The molecule has 0 saturated carbocycles. The zero-order chi connectivity index (χ0) is 7.56. The Morgan fingerprint density at radius 1 is 1.40 bits per heavy atom. The normalized spacial score (nSPS) is 9.70. The second-order valence-corrected chi connectivity index (χ2v) is 2.05. The predicted octanol–water partition coefficient (Wildman–Crippen LogP) is 0.467. The van der Waals surface area contributed by atoms with Crippen molar-refractivity contribution in [3.05, 3.63) is 23.8 Å². The molecule has 0 fully saturated rings. The van der Waals surface area contributed by atoms with Gasteiger partial charge in [-0.05, 0) is 18.2 Å². The molecule has 54 valence electrons. The summed E-state index contributed by atoms with van der Waals surface area (Å²) in [6.07, 6.45) is 0. The van der Waals surface area contributed by atoms with E-state index in [1.165, 1.54) is 12.1 Å². The number of phenols is 1. The molecule has 0 heterocycles. The SMILES string of the molecule is Nc1ccc(O)c(CO)c1. The lowest BCUT2D eigenvalue weighted by molar-refractivity contribution is 0.275. The van der Waals surface area contributed by atoms with Gasteiger partial charge >= 0.3 is 0 Å². The molecule has 0 amide bonds. The van der Waals surface area contributed by atoms with Crippen molar-refractivity contribution < 1.29 is 10.2 Å². The van der Waals surface area contributed by atoms with Crippen LogP contribution in [0.15, 0.2) is 18.2 Å². The highest BCUT2D eigenvalue weighted by Gasteiger charge is 1.97. The summed E-state index contributed by atoms with van der Waals surface area (Å²) in [5.41, 5.74) is 6.38. The van der Waals surface area contributed by atoms with Crippen molar-refractivity contribution in [1.82, 2.24) is 0 Å². The van der Waals surface area contributed by atoms with E-state index in [0.29, 0.717) is 11.3 Å². The van der Waals surface area contributed by atoms with Crippen LogP contribution in [0.5, 0.6) is 5.75 Å². The Morgan fingerprint density at radius 2 is 2.10 bits per heavy atom. The van der Waals surface area contributed by atoms with Gasteiger partial charge in [0.1, 0.15) is 5.75 Å². The first-order chi connectivity index (χ1) is 4.74. The molecule has 0 saturated heterocycles. The molecular weight excluding hydrogens is 130 g/mol. The lowest BCUT2D eigenvalue weighted by Gasteiger charge is -2.00. The fourth-order valence-electron chi connectivity index (χ4n) is 0.732. The maximum Gasteiger partial charge on any atom is 0.121 e. The first-order valence-corrected chi connectivity index (χ1v) is 2.92. The summed E-state index contributed by atoms with van der Waals surface area (Å²) in [5, 5.41) is 17.6. The van der Waals surface area contributed by atoms with Gasteiger partial charge in [-0.25, -0.2) is 0 Å². The van der Waals surface area contributed by atoms with E-state index >= 15 is 0 Å². The second-order valence-electron chi connectivity index (χ2n) is 2.05. The number of benzene rings is 1. The van der Waals surface area contributed by atoms with Crippen LogP contribution >= 0.6 is 0 Å². The van der Waals surface area contributed by atoms with Crippen LogP contribution < -0.4 is 5.73 Å². The maximum atomic E-state index is 9.02. The third-order valence-electron chi connectivity index (χ3n) is 1.27. The van der Waals surface area contributed by atoms with E-state index in [2.05, 4.69) is 0 Å². The van der Waals surface area contributed by atoms with Crippen molar-refractivity contribution >= 4 is 5.69 Å². The van der Waals surface area contributed by atoms with Crippen LogP contribution in [0, 0.1) is 0 Å². The first-order valence-electron chi connectivity index (χ1n) is 2.92. The highest BCUT2D eigenvalue weighted by molar-refractivity contribution is 5.46. The van der Waals surface area contributed by atoms with E-state index < -0.39 is 0 Å². The van der Waals surface area contributed by atoms with Gasteiger partial charge in [0, 0.05) is 11.3 Å². The molecular formula is C7H9NO2. The van der Waals surface area contributed by atoms with Crippen molar-refractivity contribution in [2.75, 3.05) is 5.73 Å². The Balaban J connectivity index is 3.09. The Labute approximate surface area is 58.7 Å². The molecule has 3 heteroatoms. The van der Waals surface area contributed by atoms with Crippen LogP contribution in [0.25, 0.3) is 0 Å². The minimum Gasteiger partial charge on any atom is -0.508 e. The van der Waals surface area contributed by atoms with Gasteiger partial charge in [0.25, 0.3) is 0 Å². The number of aliphatic hydroxyl groups excluding tert-OH is 1. The smallest absolute Gasteiger partial charge is 0.121 e. The largest absolute Gasteiger partial charge is 0.508 e. The summed E-state index contributed by atoms with van der Waals surface area (Å²) in [4.78, 5) is 0. The van der Waals surface area contributed by atoms with Gasteiger partial charge in [-0.2, -0.15) is 0 Å². The van der Waals surface area contributed by atoms with Crippen molar-refractivity contribution in [3.8, 4) is 5.75 Å². The van der Waals surface area contributed by atoms with E-state index in [4.69, 9.17) is 15.9 Å². The fraction of sp³-hybridized carbons (Fsp3) is 0.143. The van der Waals surface area contributed by atoms with Gasteiger partial charge < -0.3 is 15.9 Å². The molecule has 0 atom stereocenters. The minimum absolute atomic E-state index is 0.0803. The molecule has 1 rings (SSSR count). The van der Waals surface area contributed by atoms with E-state index in [0.717, 1.165) is 0 Å². The molecule has 0 aliphatic heterocycles. The maximum absolute atomic E-state index is 9.02. The lowest BCUT2D eigenvalue weighted by Crippen LogP contribution is -1.88. The second kappa shape index (κ2) is 2.58. The molecule has 1 aromatic rings. The Hall–Kier alpha value is -1.22. The van der Waals surface area contributed by atoms with Crippen LogP contribution in [-0.2, 0) is 6.61 Å². The number of hydrogen-bond acceptors (Lipinski definition) is 3. The minimum atomic E-state index is -0.184. The molecule has 0 aliphatic carbocycles. The van der Waals surface area contributed by atoms with E-state index in [1.807, 2.05) is 0 Å². The number of aromatic hydroxyl groups is 1. The average molecular weight is 139 g/mol. The topological polar surface area (TPSA) is 66.5 Å². The van der Waals surface area contributed by atoms with Gasteiger partial charge in [0.2, 0.25) is 0 Å². The number of rotatable bonds is 1. The number of aliphatic hydroxyl groups is 1. The molecule has 0 spiro atoms. The van der Waals surface area contributed by atoms with Crippen LogP contribution in [0.3, 0.4) is 0 Å². The van der Waals surface area contributed by atoms with E-state index in [-0.39, 0.29) is 12.4 Å². The zero-order valence-corrected chi connectivity index (χ0v) is 5.41. The lowest BCUT2D eigenvalue weighted by atomic mass is 10.2. The summed E-state index contributed by atoms with van der Waals surface area (Å²) in [6, 6.07) is 4.57. The molecule has 0 bridgehead atoms. The number of anilines is 1. The quantitative estimate of drug-likeness (QED) is 0.391. The average Bonchev–Trinajstić information content (AvgIpc) is 1.94. The van der Waals surface area contributed by atoms with Crippen molar-refractivity contribution in [2.45, 2.75) is 6.61 Å². The first kappa shape index (κ1) is 6.89. The molecule has 0 radical (unpaired) electrons. The Kier molecular flexibility index (Phi) is 1.78. The third kappa shape index (κ3) is 1.19. The van der Waals surface area contributed by atoms with Gasteiger partial charge in [-0.15, -0.1) is 0 Å². The third-order valence-corrected chi connectivity index (χ3v) is 1.27. The number of nitrogens with two attached hydrogens (primary N) is 1. The monoisotopic (exact) mass is 139 g/mol. The molecule has 0 aromatic heterocycles. The molecule has 10 heavy (non-hydrogen) atoms. The van der Waals surface area contributed by atoms with Crippen molar-refractivity contribution in [3.63, 3.8) is 0 Å². The van der Waals surface area contributed by atoms with Gasteiger partial charge in [-0.3, -0.25) is 0 Å². The van der Waals surface area contributed by atoms with Gasteiger partial charge in [0.15, 0.2) is 0 Å². The molecule has 1 aromatic carbocycles. The highest BCUT2D eigenvalue weighted by Crippen LogP contribution is 2.18. The summed E-state index contributed by atoms with van der Waals surface area (Å²) in [7, 11) is 0. The van der Waals surface area contributed by atoms with Crippen LogP contribution in [0.4, 0.5) is 5.69 Å². The van der Waals surface area contributed by atoms with Crippen molar-refractivity contribution in [1.29, 1.82) is 0 Å². The van der Waals surface area contributed by atoms with Crippen LogP contribution in [-0.4, -0.2) is 10.2 Å².